The molecule has 0 N–H and O–H groups in total. The molecule has 0 aliphatic carbocycles. The smallest absolute Gasteiger partial charge is 0.178 e. The fourth-order valence-corrected chi connectivity index (χ4v) is 7.20. The van der Waals surface area contributed by atoms with Crippen molar-refractivity contribution >= 4 is 33.7 Å². The van der Waals surface area contributed by atoms with E-state index in [1.807, 2.05) is 12.1 Å². The van der Waals surface area contributed by atoms with Crippen LogP contribution in [-0.2, 0) is 11.2 Å². The predicted molar refractivity (Wildman–Crippen MR) is 188 cm³/mol. The summed E-state index contributed by atoms with van der Waals surface area (Å²) in [6, 6.07) is 55.1. The summed E-state index contributed by atoms with van der Waals surface area (Å²) in [6.45, 7) is 0. The van der Waals surface area contributed by atoms with E-state index >= 15 is 0 Å². The summed E-state index contributed by atoms with van der Waals surface area (Å²) in [4.78, 5) is 0. The fourth-order valence-electron chi connectivity index (χ4n) is 7.20. The van der Waals surface area contributed by atoms with Crippen LogP contribution in [0.4, 0.5) is 0 Å². The van der Waals surface area contributed by atoms with Gasteiger partial charge in [0.25, 0.3) is 0 Å². The molecule has 2 nitrogen and oxygen atoms in total. The Morgan fingerprint density at radius 2 is 0.761 bits per heavy atom. The normalized spacial score (nSPS) is 19.7. The van der Waals surface area contributed by atoms with Gasteiger partial charge in [0, 0.05) is 33.4 Å². The van der Waals surface area contributed by atoms with Crippen LogP contribution in [0.15, 0.2) is 170 Å². The van der Waals surface area contributed by atoms with E-state index in [0.29, 0.717) is 0 Å². The van der Waals surface area contributed by atoms with Crippen LogP contribution in [-0.4, -0.2) is 0 Å². The van der Waals surface area contributed by atoms with Gasteiger partial charge in [-0.15, -0.1) is 0 Å². The summed E-state index contributed by atoms with van der Waals surface area (Å²) in [5, 5.41) is 4.76. The van der Waals surface area contributed by atoms with Crippen LogP contribution in [0.1, 0.15) is 33.4 Å². The highest BCUT2D eigenvalue weighted by Gasteiger charge is 2.41. The summed E-state index contributed by atoms with van der Waals surface area (Å²) in [5.41, 5.74) is 4.72. The zero-order chi connectivity index (χ0) is 30.6. The number of benzene rings is 7. The molecule has 2 aliphatic rings. The molecule has 7 aromatic carbocycles. The molecule has 0 aromatic heterocycles. The van der Waals surface area contributed by atoms with Crippen molar-refractivity contribution in [3.05, 3.63) is 203 Å². The maximum atomic E-state index is 7.14. The molecular weight excluding hydrogens is 560 g/mol. The Morgan fingerprint density at radius 1 is 0.348 bits per heavy atom. The minimum Gasteiger partial charge on any atom is -0.473 e. The highest BCUT2D eigenvalue weighted by molar-refractivity contribution is 5.95. The van der Waals surface area contributed by atoms with E-state index in [4.69, 9.17) is 9.47 Å². The minimum absolute atomic E-state index is 0.836. The van der Waals surface area contributed by atoms with Gasteiger partial charge < -0.3 is 9.47 Å². The third-order valence-electron chi connectivity index (χ3n) is 9.50. The molecule has 2 heteroatoms. The molecule has 0 saturated heterocycles. The molecule has 0 saturated carbocycles. The molecule has 2 unspecified atom stereocenters. The molecule has 2 aliphatic heterocycles. The van der Waals surface area contributed by atoms with Gasteiger partial charge in [-0.2, -0.15) is 0 Å². The molecule has 218 valence electrons. The summed E-state index contributed by atoms with van der Waals surface area (Å²) < 4.78 is 14.3. The second-order valence-electron chi connectivity index (χ2n) is 12.1. The van der Waals surface area contributed by atoms with E-state index in [2.05, 4.69) is 170 Å². The first kappa shape index (κ1) is 26.5. The van der Waals surface area contributed by atoms with Crippen LogP contribution in [0, 0.1) is 0 Å². The number of fused-ring (bicyclic) bond motifs is 6. The number of rotatable bonds is 4. The quantitative estimate of drug-likeness (QED) is 0.203. The van der Waals surface area contributed by atoms with Gasteiger partial charge in [0.1, 0.15) is 11.5 Å². The summed E-state index contributed by atoms with van der Waals surface area (Å²) in [7, 11) is 0. The maximum absolute atomic E-state index is 7.14. The van der Waals surface area contributed by atoms with Crippen LogP contribution < -0.4 is 9.47 Å². The minimum atomic E-state index is -0.836. The zero-order valence-electron chi connectivity index (χ0n) is 25.1. The lowest BCUT2D eigenvalue weighted by Gasteiger charge is -2.39. The maximum Gasteiger partial charge on any atom is 0.178 e. The highest BCUT2D eigenvalue weighted by atomic mass is 16.5. The van der Waals surface area contributed by atoms with E-state index in [0.717, 1.165) is 44.9 Å². The van der Waals surface area contributed by atoms with Gasteiger partial charge in [-0.05, 0) is 64.0 Å². The first-order valence-corrected chi connectivity index (χ1v) is 15.8. The summed E-state index contributed by atoms with van der Waals surface area (Å²) in [5.74, 6) is 1.73. The molecule has 0 fully saturated rings. The lowest BCUT2D eigenvalue weighted by atomic mass is 9.78. The van der Waals surface area contributed by atoms with Gasteiger partial charge in [0.15, 0.2) is 11.2 Å². The lowest BCUT2D eigenvalue weighted by Crippen LogP contribution is -2.37. The second-order valence-corrected chi connectivity index (χ2v) is 12.1. The Bertz CT molecular complexity index is 2160. The summed E-state index contributed by atoms with van der Waals surface area (Å²) in [6.07, 6.45) is 8.88. The van der Waals surface area contributed by atoms with Gasteiger partial charge in [0.2, 0.25) is 0 Å². The van der Waals surface area contributed by atoms with Gasteiger partial charge in [-0.3, -0.25) is 0 Å². The Morgan fingerprint density at radius 3 is 1.24 bits per heavy atom. The second kappa shape index (κ2) is 10.4. The number of hydrogen-bond donors (Lipinski definition) is 0. The Labute approximate surface area is 268 Å². The first-order valence-electron chi connectivity index (χ1n) is 15.8. The molecule has 0 spiro atoms. The van der Waals surface area contributed by atoms with Gasteiger partial charge in [-0.1, -0.05) is 140 Å². The van der Waals surface area contributed by atoms with E-state index in [1.165, 1.54) is 21.5 Å². The molecule has 0 radical (unpaired) electrons. The van der Waals surface area contributed by atoms with Crippen LogP contribution in [0.3, 0.4) is 0 Å². The van der Waals surface area contributed by atoms with Crippen molar-refractivity contribution in [1.29, 1.82) is 0 Å². The van der Waals surface area contributed by atoms with Crippen molar-refractivity contribution < 1.29 is 9.47 Å². The Kier molecular flexibility index (Phi) is 5.97. The van der Waals surface area contributed by atoms with E-state index in [9.17, 15) is 0 Å². The predicted octanol–water partition coefficient (Wildman–Crippen LogP) is 10.7. The van der Waals surface area contributed by atoms with Crippen LogP contribution in [0.5, 0.6) is 11.5 Å². The molecule has 0 bridgehead atoms. The molecule has 46 heavy (non-hydrogen) atoms. The van der Waals surface area contributed by atoms with Crippen molar-refractivity contribution in [2.75, 3.05) is 0 Å². The van der Waals surface area contributed by atoms with Crippen molar-refractivity contribution in [2.24, 2.45) is 0 Å². The first-order chi connectivity index (χ1) is 22.7. The monoisotopic (exact) mass is 590 g/mol. The van der Waals surface area contributed by atoms with E-state index < -0.39 is 11.2 Å². The third-order valence-corrected chi connectivity index (χ3v) is 9.50. The van der Waals surface area contributed by atoms with Gasteiger partial charge >= 0.3 is 0 Å². The van der Waals surface area contributed by atoms with Crippen molar-refractivity contribution in [3.8, 4) is 11.5 Å². The van der Waals surface area contributed by atoms with Crippen LogP contribution in [0.25, 0.3) is 33.7 Å². The number of ether oxygens (including phenoxy) is 2. The molecule has 0 amide bonds. The van der Waals surface area contributed by atoms with Crippen LogP contribution >= 0.6 is 0 Å². The molecular formula is C44H30O2. The fraction of sp³-hybridized carbons (Fsp3) is 0.0455. The van der Waals surface area contributed by atoms with Gasteiger partial charge in [-0.25, -0.2) is 0 Å². The molecule has 2 atom stereocenters. The van der Waals surface area contributed by atoms with E-state index in [-0.39, 0.29) is 0 Å². The van der Waals surface area contributed by atoms with Gasteiger partial charge in [0.05, 0.1) is 0 Å². The topological polar surface area (TPSA) is 18.5 Å². The van der Waals surface area contributed by atoms with Crippen LogP contribution in [0.2, 0.25) is 0 Å². The van der Waals surface area contributed by atoms with E-state index in [1.54, 1.807) is 0 Å². The SMILES string of the molecule is C1=CC(c2ccccc2)(c2cccc(C3(c4ccccc4)C=Cc4c(ccc5ccccc45)O3)c2)Oc2ccc3ccccc3c21. The summed E-state index contributed by atoms with van der Waals surface area (Å²) >= 11 is 0. The molecule has 7 aromatic rings. The Balaban J connectivity index is 1.23. The average molecular weight is 591 g/mol. The zero-order valence-corrected chi connectivity index (χ0v) is 25.1. The standard InChI is InChI=1S/C44H30O2/c1-3-14-33(15-4-1)43(28-26-39-37-20-9-7-12-31(37)22-24-41(39)45-43)35-18-11-19-36(30-35)44(34-16-5-2-6-17-34)29-27-40-38-21-10-8-13-32(38)23-25-42(40)46-44/h1-30H. The van der Waals surface area contributed by atoms with Crippen molar-refractivity contribution in [1.82, 2.24) is 0 Å². The lowest BCUT2D eigenvalue weighted by molar-refractivity contribution is 0.154. The Hall–Kier alpha value is -5.86. The largest absolute Gasteiger partial charge is 0.473 e. The molecule has 9 rings (SSSR count). The van der Waals surface area contributed by atoms with Crippen molar-refractivity contribution in [3.63, 3.8) is 0 Å². The van der Waals surface area contributed by atoms with Crippen molar-refractivity contribution in [2.45, 2.75) is 11.2 Å². The average Bonchev–Trinajstić information content (AvgIpc) is 3.15. The third kappa shape index (κ3) is 4.04. The highest BCUT2D eigenvalue weighted by Crippen LogP contribution is 2.48. The number of hydrogen-bond acceptors (Lipinski definition) is 2. The molecule has 2 heterocycles.